The van der Waals surface area contributed by atoms with Crippen LogP contribution in [0.1, 0.15) is 29.4 Å². The summed E-state index contributed by atoms with van der Waals surface area (Å²) in [6.07, 6.45) is 2.49. The first-order chi connectivity index (χ1) is 18.4. The van der Waals surface area contributed by atoms with E-state index in [1.54, 1.807) is 17.9 Å². The van der Waals surface area contributed by atoms with Crippen molar-refractivity contribution >= 4 is 28.6 Å². The molecule has 9 nitrogen and oxygen atoms in total. The van der Waals surface area contributed by atoms with Gasteiger partial charge < -0.3 is 20.7 Å². The van der Waals surface area contributed by atoms with Gasteiger partial charge in [-0.1, -0.05) is 31.2 Å². The summed E-state index contributed by atoms with van der Waals surface area (Å²) < 4.78 is 15.5. The van der Waals surface area contributed by atoms with E-state index >= 15 is 0 Å². The summed E-state index contributed by atoms with van der Waals surface area (Å²) in [5, 5.41) is 20.7. The van der Waals surface area contributed by atoms with Crippen LogP contribution in [-0.4, -0.2) is 41.9 Å². The zero-order valence-electron chi connectivity index (χ0n) is 21.1. The average Bonchev–Trinajstić information content (AvgIpc) is 3.55. The molecule has 5 aromatic rings. The van der Waals surface area contributed by atoms with Gasteiger partial charge in [-0.25, -0.2) is 23.8 Å². The maximum atomic E-state index is 13.8. The van der Waals surface area contributed by atoms with Gasteiger partial charge in [-0.3, -0.25) is 0 Å². The number of aliphatic carboxylic acids is 1. The van der Waals surface area contributed by atoms with Crippen LogP contribution in [0.25, 0.3) is 16.7 Å². The molecule has 1 unspecified atom stereocenters. The second-order valence-corrected chi connectivity index (χ2v) is 9.08. The van der Waals surface area contributed by atoms with E-state index in [9.17, 15) is 14.3 Å². The van der Waals surface area contributed by atoms with Crippen LogP contribution in [0.5, 0.6) is 0 Å². The van der Waals surface area contributed by atoms with Crippen molar-refractivity contribution in [2.24, 2.45) is 0 Å². The van der Waals surface area contributed by atoms with Gasteiger partial charge in [0, 0.05) is 12.1 Å². The van der Waals surface area contributed by atoms with Crippen LogP contribution in [0.3, 0.4) is 0 Å². The summed E-state index contributed by atoms with van der Waals surface area (Å²) in [4.78, 5) is 24.1. The van der Waals surface area contributed by atoms with Gasteiger partial charge in [-0.15, -0.1) is 5.10 Å². The van der Waals surface area contributed by atoms with Gasteiger partial charge in [0.05, 0.1) is 23.3 Å². The topological polar surface area (TPSA) is 121 Å². The largest absolute Gasteiger partial charge is 0.480 e. The number of aromatic nitrogens is 5. The number of benzene rings is 3. The van der Waals surface area contributed by atoms with Gasteiger partial charge in [0.25, 0.3) is 0 Å². The highest BCUT2D eigenvalue weighted by molar-refractivity contribution is 5.79. The third-order valence-electron chi connectivity index (χ3n) is 6.36. The number of aryl methyl sites for hydroxylation is 2. The predicted octanol–water partition coefficient (Wildman–Crippen LogP) is 4.87. The smallest absolute Gasteiger partial charge is 0.326 e. The molecule has 38 heavy (non-hydrogen) atoms. The highest BCUT2D eigenvalue weighted by atomic mass is 19.1. The zero-order valence-corrected chi connectivity index (χ0v) is 21.1. The summed E-state index contributed by atoms with van der Waals surface area (Å²) in [5.41, 5.74) is 5.59. The van der Waals surface area contributed by atoms with Crippen LogP contribution in [0.4, 0.5) is 16.0 Å². The Hall–Kier alpha value is -4.73. The first kappa shape index (κ1) is 24.9. The summed E-state index contributed by atoms with van der Waals surface area (Å²) in [7, 11) is 0. The van der Waals surface area contributed by atoms with E-state index in [0.29, 0.717) is 36.0 Å². The molecule has 5 rings (SSSR count). The lowest BCUT2D eigenvalue weighted by molar-refractivity contribution is -0.137. The highest BCUT2D eigenvalue weighted by Gasteiger charge is 2.20. The van der Waals surface area contributed by atoms with E-state index in [2.05, 4.69) is 30.7 Å². The minimum atomic E-state index is -0.974. The fraction of sp³-hybridized carbons (Fsp3) is 0.214. The Morgan fingerprint density at radius 2 is 1.95 bits per heavy atom. The Bertz CT molecular complexity index is 1540. The molecule has 2 aromatic heterocycles. The van der Waals surface area contributed by atoms with Gasteiger partial charge >= 0.3 is 5.97 Å². The van der Waals surface area contributed by atoms with Crippen molar-refractivity contribution in [2.75, 3.05) is 10.6 Å². The molecular weight excluding hydrogens is 485 g/mol. The molecule has 0 amide bonds. The molecule has 0 aliphatic rings. The van der Waals surface area contributed by atoms with Gasteiger partial charge in [0.2, 0.25) is 5.95 Å². The number of fused-ring (bicyclic) bond motifs is 1. The van der Waals surface area contributed by atoms with E-state index in [-0.39, 0.29) is 12.2 Å². The molecule has 1 atom stereocenters. The number of carboxylic acid groups (broad SMARTS) is 1. The molecule has 0 spiro atoms. The van der Waals surface area contributed by atoms with Crippen LogP contribution in [-0.2, 0) is 24.2 Å². The number of nitrogens with zero attached hydrogens (tertiary/aromatic N) is 4. The number of para-hydroxylation sites is 2. The lowest BCUT2D eigenvalue weighted by atomic mass is 10.0. The fourth-order valence-electron chi connectivity index (χ4n) is 4.39. The van der Waals surface area contributed by atoms with Gasteiger partial charge in [-0.2, -0.15) is 0 Å². The lowest BCUT2D eigenvalue weighted by Crippen LogP contribution is -2.32. The number of H-pyrrole nitrogens is 1. The van der Waals surface area contributed by atoms with E-state index in [1.165, 1.54) is 12.1 Å². The number of rotatable bonds is 10. The van der Waals surface area contributed by atoms with Crippen molar-refractivity contribution in [3.05, 3.63) is 95.3 Å². The third kappa shape index (κ3) is 5.49. The number of hydrogen-bond donors (Lipinski definition) is 4. The number of aromatic amines is 1. The SMILES string of the molecule is CCc1cc(F)cc(C)c1NC(Cc1ccc(-n2cnc(CNc3nc4ccccc4[nH]3)n2)cc1)C(=O)O. The first-order valence-corrected chi connectivity index (χ1v) is 12.4. The van der Waals surface area contributed by atoms with Crippen LogP contribution in [0.2, 0.25) is 0 Å². The molecule has 4 N–H and O–H groups in total. The fourth-order valence-corrected chi connectivity index (χ4v) is 4.39. The number of anilines is 2. The Morgan fingerprint density at radius 3 is 2.68 bits per heavy atom. The summed E-state index contributed by atoms with van der Waals surface area (Å²) in [6, 6.07) is 17.3. The molecule has 0 radical (unpaired) electrons. The minimum absolute atomic E-state index is 0.264. The molecule has 0 aliphatic carbocycles. The maximum absolute atomic E-state index is 13.8. The number of nitrogens with one attached hydrogen (secondary N) is 3. The average molecular weight is 514 g/mol. The molecule has 0 bridgehead atoms. The first-order valence-electron chi connectivity index (χ1n) is 12.4. The second kappa shape index (κ2) is 10.7. The Labute approximate surface area is 218 Å². The van der Waals surface area contributed by atoms with Crippen molar-refractivity contribution < 1.29 is 14.3 Å². The Morgan fingerprint density at radius 1 is 1.16 bits per heavy atom. The van der Waals surface area contributed by atoms with Crippen molar-refractivity contribution in [1.82, 2.24) is 24.7 Å². The van der Waals surface area contributed by atoms with Crippen LogP contribution in [0, 0.1) is 12.7 Å². The van der Waals surface area contributed by atoms with Gasteiger partial charge in [0.15, 0.2) is 5.82 Å². The zero-order chi connectivity index (χ0) is 26.6. The second-order valence-electron chi connectivity index (χ2n) is 9.08. The Balaban J connectivity index is 1.24. The number of carbonyl (C=O) groups is 1. The summed E-state index contributed by atoms with van der Waals surface area (Å²) in [5.74, 6) is -0.0480. The predicted molar refractivity (Wildman–Crippen MR) is 144 cm³/mol. The standard InChI is InChI=1S/C28H28FN7O2/c1-3-19-14-20(29)12-17(2)26(19)32-24(27(37)38)13-18-8-10-21(11-9-18)36-16-31-25(35-36)15-30-28-33-22-6-4-5-7-23(22)34-28/h4-12,14,16,24,32H,3,13,15H2,1-2H3,(H,37,38)(H2,30,33,34). The molecule has 0 fully saturated rings. The van der Waals surface area contributed by atoms with Crippen LogP contribution >= 0.6 is 0 Å². The Kier molecular flexibility index (Phi) is 7.03. The number of carboxylic acids is 1. The van der Waals surface area contributed by atoms with Gasteiger partial charge in [0.1, 0.15) is 18.2 Å². The third-order valence-corrected chi connectivity index (χ3v) is 6.36. The van der Waals surface area contributed by atoms with Crippen molar-refractivity contribution in [2.45, 2.75) is 39.3 Å². The number of halogens is 1. The van der Waals surface area contributed by atoms with Crippen molar-refractivity contribution in [1.29, 1.82) is 0 Å². The van der Waals surface area contributed by atoms with Gasteiger partial charge in [-0.05, 0) is 66.4 Å². The van der Waals surface area contributed by atoms with E-state index in [4.69, 9.17) is 0 Å². The maximum Gasteiger partial charge on any atom is 0.326 e. The quantitative estimate of drug-likeness (QED) is 0.210. The number of imidazole rings is 1. The van der Waals surface area contributed by atoms with Crippen molar-refractivity contribution in [3.8, 4) is 5.69 Å². The molecule has 194 valence electrons. The molecule has 2 heterocycles. The molecule has 3 aromatic carbocycles. The highest BCUT2D eigenvalue weighted by Crippen LogP contribution is 2.25. The lowest BCUT2D eigenvalue weighted by Gasteiger charge is -2.20. The molecule has 10 heteroatoms. The summed E-state index contributed by atoms with van der Waals surface area (Å²) in [6.45, 7) is 4.09. The van der Waals surface area contributed by atoms with E-state index in [0.717, 1.165) is 27.8 Å². The van der Waals surface area contributed by atoms with E-state index < -0.39 is 12.0 Å². The molecule has 0 aliphatic heterocycles. The van der Waals surface area contributed by atoms with Crippen LogP contribution in [0.15, 0.2) is 67.0 Å². The van der Waals surface area contributed by atoms with E-state index in [1.807, 2.05) is 55.5 Å². The molecule has 0 saturated heterocycles. The van der Waals surface area contributed by atoms with Crippen LogP contribution < -0.4 is 10.6 Å². The minimum Gasteiger partial charge on any atom is -0.480 e. The monoisotopic (exact) mass is 513 g/mol. The molecular formula is C28H28FN7O2. The summed E-state index contributed by atoms with van der Waals surface area (Å²) >= 11 is 0. The molecule has 0 saturated carbocycles. The van der Waals surface area contributed by atoms with Crippen molar-refractivity contribution in [3.63, 3.8) is 0 Å². The number of hydrogen-bond acceptors (Lipinski definition) is 6. The normalized spacial score (nSPS) is 12.0.